The zero-order valence-electron chi connectivity index (χ0n) is 13.7. The summed E-state index contributed by atoms with van der Waals surface area (Å²) in [6.45, 7) is 4.15. The summed E-state index contributed by atoms with van der Waals surface area (Å²) in [6.07, 6.45) is 0. The molecule has 0 atom stereocenters. The Balaban J connectivity index is 1.63. The van der Waals surface area contributed by atoms with E-state index < -0.39 is 0 Å². The van der Waals surface area contributed by atoms with Crippen LogP contribution in [0.3, 0.4) is 0 Å². The molecule has 0 saturated heterocycles. The highest BCUT2D eigenvalue weighted by atomic mass is 16.4. The molecule has 2 aromatic carbocycles. The van der Waals surface area contributed by atoms with Gasteiger partial charge in [-0.15, -0.1) is 0 Å². The minimum absolute atomic E-state index is 0.740. The van der Waals surface area contributed by atoms with Crippen LogP contribution in [-0.2, 0) is 0 Å². The van der Waals surface area contributed by atoms with E-state index in [2.05, 4.69) is 62.4 Å². The van der Waals surface area contributed by atoms with Crippen molar-refractivity contribution in [2.75, 3.05) is 0 Å². The molecule has 0 aliphatic rings. The standard InChI is InChI=1S/C22H18O2/c1-15-3-7-17(8-4-15)19-11-13-21(23-19)22-14-12-20(24-22)18-9-5-16(2)6-10-18/h3-14H,1-2H3. The van der Waals surface area contributed by atoms with Gasteiger partial charge >= 0.3 is 0 Å². The summed E-state index contributed by atoms with van der Waals surface area (Å²) < 4.78 is 11.9. The predicted molar refractivity (Wildman–Crippen MR) is 96.8 cm³/mol. The number of aryl methyl sites for hydroxylation is 2. The maximum atomic E-state index is 5.97. The van der Waals surface area contributed by atoms with E-state index in [1.807, 2.05) is 24.3 Å². The first kappa shape index (κ1) is 14.6. The molecular formula is C22H18O2. The van der Waals surface area contributed by atoms with Crippen molar-refractivity contribution in [1.82, 2.24) is 0 Å². The zero-order valence-corrected chi connectivity index (χ0v) is 13.7. The summed E-state index contributed by atoms with van der Waals surface area (Å²) in [7, 11) is 0. The van der Waals surface area contributed by atoms with Gasteiger partial charge in [-0.1, -0.05) is 59.7 Å². The molecule has 4 rings (SSSR count). The van der Waals surface area contributed by atoms with Gasteiger partial charge in [-0.3, -0.25) is 0 Å². The van der Waals surface area contributed by atoms with Crippen molar-refractivity contribution in [3.63, 3.8) is 0 Å². The summed E-state index contributed by atoms with van der Waals surface area (Å²) >= 11 is 0. The molecule has 0 fully saturated rings. The molecule has 0 aliphatic carbocycles. The molecular weight excluding hydrogens is 296 g/mol. The molecule has 0 saturated carbocycles. The van der Waals surface area contributed by atoms with Gasteiger partial charge in [0, 0.05) is 11.1 Å². The summed E-state index contributed by atoms with van der Waals surface area (Å²) in [5, 5.41) is 0. The second kappa shape index (κ2) is 5.89. The van der Waals surface area contributed by atoms with Gasteiger partial charge in [-0.25, -0.2) is 0 Å². The van der Waals surface area contributed by atoms with Gasteiger partial charge in [0.2, 0.25) is 0 Å². The molecule has 2 heteroatoms. The van der Waals surface area contributed by atoms with Crippen LogP contribution in [0.2, 0.25) is 0 Å². The molecule has 118 valence electrons. The van der Waals surface area contributed by atoms with Crippen molar-refractivity contribution in [3.8, 4) is 34.2 Å². The van der Waals surface area contributed by atoms with E-state index in [9.17, 15) is 0 Å². The van der Waals surface area contributed by atoms with Crippen LogP contribution in [0.1, 0.15) is 11.1 Å². The van der Waals surface area contributed by atoms with Crippen molar-refractivity contribution in [2.24, 2.45) is 0 Å². The molecule has 0 aliphatic heterocycles. The number of benzene rings is 2. The Bertz CT molecular complexity index is 872. The van der Waals surface area contributed by atoms with E-state index in [-0.39, 0.29) is 0 Å². The first-order chi connectivity index (χ1) is 11.7. The van der Waals surface area contributed by atoms with Crippen LogP contribution in [0, 0.1) is 13.8 Å². The van der Waals surface area contributed by atoms with Crippen molar-refractivity contribution >= 4 is 0 Å². The number of hydrogen-bond acceptors (Lipinski definition) is 2. The lowest BCUT2D eigenvalue weighted by molar-refractivity contribution is 0.539. The lowest BCUT2D eigenvalue weighted by Gasteiger charge is -1.99. The van der Waals surface area contributed by atoms with Crippen molar-refractivity contribution < 1.29 is 8.83 Å². The van der Waals surface area contributed by atoms with Crippen molar-refractivity contribution in [2.45, 2.75) is 13.8 Å². The number of rotatable bonds is 3. The molecule has 0 amide bonds. The molecule has 2 heterocycles. The number of furan rings is 2. The van der Waals surface area contributed by atoms with Crippen LogP contribution >= 0.6 is 0 Å². The quantitative estimate of drug-likeness (QED) is 0.432. The second-order valence-electron chi connectivity index (χ2n) is 6.06. The fourth-order valence-corrected chi connectivity index (χ4v) is 2.69. The third-order valence-electron chi connectivity index (χ3n) is 4.13. The summed E-state index contributed by atoms with van der Waals surface area (Å²) in [6, 6.07) is 24.5. The van der Waals surface area contributed by atoms with Crippen LogP contribution < -0.4 is 0 Å². The fraction of sp³-hybridized carbons (Fsp3) is 0.0909. The smallest absolute Gasteiger partial charge is 0.170 e. The average molecular weight is 314 g/mol. The van der Waals surface area contributed by atoms with E-state index in [1.165, 1.54) is 11.1 Å². The summed E-state index contributed by atoms with van der Waals surface area (Å²) in [5.74, 6) is 3.17. The van der Waals surface area contributed by atoms with Gasteiger partial charge in [0.1, 0.15) is 11.5 Å². The Morgan fingerprint density at radius 1 is 0.417 bits per heavy atom. The maximum absolute atomic E-state index is 5.97. The largest absolute Gasteiger partial charge is 0.453 e. The van der Waals surface area contributed by atoms with E-state index >= 15 is 0 Å². The maximum Gasteiger partial charge on any atom is 0.170 e. The molecule has 0 unspecified atom stereocenters. The normalized spacial score (nSPS) is 10.9. The van der Waals surface area contributed by atoms with Gasteiger partial charge in [0.05, 0.1) is 0 Å². The molecule has 0 bridgehead atoms. The number of hydrogen-bond donors (Lipinski definition) is 0. The van der Waals surface area contributed by atoms with Gasteiger partial charge in [-0.05, 0) is 38.1 Å². The van der Waals surface area contributed by atoms with Crippen molar-refractivity contribution in [3.05, 3.63) is 83.9 Å². The Labute approximate surface area is 141 Å². The molecule has 2 aromatic heterocycles. The van der Waals surface area contributed by atoms with E-state index in [4.69, 9.17) is 8.83 Å². The first-order valence-electron chi connectivity index (χ1n) is 8.03. The zero-order chi connectivity index (χ0) is 16.5. The minimum atomic E-state index is 0.740. The summed E-state index contributed by atoms with van der Waals surface area (Å²) in [4.78, 5) is 0. The van der Waals surface area contributed by atoms with Crippen LogP contribution in [0.15, 0.2) is 81.6 Å². The molecule has 2 nitrogen and oxygen atoms in total. The topological polar surface area (TPSA) is 26.3 Å². The second-order valence-corrected chi connectivity index (χ2v) is 6.06. The Kier molecular flexibility index (Phi) is 3.58. The van der Waals surface area contributed by atoms with E-state index in [1.54, 1.807) is 0 Å². The highest BCUT2D eigenvalue weighted by molar-refractivity contribution is 5.65. The van der Waals surface area contributed by atoms with Gasteiger partial charge in [0.15, 0.2) is 11.5 Å². The third kappa shape index (κ3) is 2.79. The Morgan fingerprint density at radius 2 is 0.750 bits per heavy atom. The van der Waals surface area contributed by atoms with Crippen LogP contribution in [0.5, 0.6) is 0 Å². The molecule has 0 spiro atoms. The predicted octanol–water partition coefficient (Wildman–Crippen LogP) is 6.49. The molecule has 0 N–H and O–H groups in total. The van der Waals surface area contributed by atoms with Gasteiger partial charge < -0.3 is 8.83 Å². The first-order valence-corrected chi connectivity index (χ1v) is 8.03. The third-order valence-corrected chi connectivity index (χ3v) is 4.13. The molecule has 4 aromatic rings. The lowest BCUT2D eigenvalue weighted by atomic mass is 10.1. The van der Waals surface area contributed by atoms with Crippen molar-refractivity contribution in [1.29, 1.82) is 0 Å². The van der Waals surface area contributed by atoms with E-state index in [0.29, 0.717) is 0 Å². The van der Waals surface area contributed by atoms with Crippen LogP contribution in [-0.4, -0.2) is 0 Å². The minimum Gasteiger partial charge on any atom is -0.453 e. The fourth-order valence-electron chi connectivity index (χ4n) is 2.69. The highest BCUT2D eigenvalue weighted by Gasteiger charge is 2.11. The Morgan fingerprint density at radius 3 is 1.12 bits per heavy atom. The lowest BCUT2D eigenvalue weighted by Crippen LogP contribution is -1.75. The average Bonchev–Trinajstić information content (AvgIpc) is 3.25. The van der Waals surface area contributed by atoms with Crippen LogP contribution in [0.4, 0.5) is 0 Å². The highest BCUT2D eigenvalue weighted by Crippen LogP contribution is 2.32. The Hall–Kier alpha value is -3.00. The molecule has 0 radical (unpaired) electrons. The molecule has 24 heavy (non-hydrogen) atoms. The summed E-state index contributed by atoms with van der Waals surface area (Å²) in [5.41, 5.74) is 4.60. The SMILES string of the molecule is Cc1ccc(-c2ccc(-c3ccc(-c4ccc(C)cc4)o3)o2)cc1. The van der Waals surface area contributed by atoms with Gasteiger partial charge in [0.25, 0.3) is 0 Å². The van der Waals surface area contributed by atoms with Crippen LogP contribution in [0.25, 0.3) is 34.2 Å². The van der Waals surface area contributed by atoms with E-state index in [0.717, 1.165) is 34.2 Å². The van der Waals surface area contributed by atoms with Gasteiger partial charge in [-0.2, -0.15) is 0 Å². The monoisotopic (exact) mass is 314 g/mol.